The predicted octanol–water partition coefficient (Wildman–Crippen LogP) is 3.09. The Morgan fingerprint density at radius 2 is 1.85 bits per heavy atom. The lowest BCUT2D eigenvalue weighted by atomic mass is 10.00. The topological polar surface area (TPSA) is 66.5 Å². The van der Waals surface area contributed by atoms with Gasteiger partial charge in [-0.25, -0.2) is 12.8 Å². The number of nitrogens with zero attached hydrogens (tertiary/aromatic N) is 1. The van der Waals surface area contributed by atoms with Gasteiger partial charge in [-0.05, 0) is 44.0 Å². The standard InChI is InChI=1S/C19H23FN2O3S/c1-13-9-10-14(2)16(11-13)15(3)21-19(23)12-22(26(4,24)25)18-8-6-5-7-17(18)20/h5-11,15H,12H2,1-4H3,(H,21,23). The first-order valence-electron chi connectivity index (χ1n) is 8.18. The molecule has 0 aliphatic rings. The van der Waals surface area contributed by atoms with Crippen LogP contribution in [0.5, 0.6) is 0 Å². The van der Waals surface area contributed by atoms with E-state index in [1.165, 1.54) is 18.2 Å². The molecule has 0 fully saturated rings. The number of halogens is 1. The van der Waals surface area contributed by atoms with Crippen LogP contribution in [-0.2, 0) is 14.8 Å². The van der Waals surface area contributed by atoms with Crippen LogP contribution in [0.4, 0.5) is 10.1 Å². The molecule has 0 aliphatic heterocycles. The second-order valence-corrected chi connectivity index (χ2v) is 8.28. The summed E-state index contributed by atoms with van der Waals surface area (Å²) in [6, 6.07) is 11.1. The summed E-state index contributed by atoms with van der Waals surface area (Å²) in [5.74, 6) is -1.21. The van der Waals surface area contributed by atoms with E-state index in [0.717, 1.165) is 33.3 Å². The van der Waals surface area contributed by atoms with Gasteiger partial charge >= 0.3 is 0 Å². The highest BCUT2D eigenvalue weighted by Crippen LogP contribution is 2.22. The summed E-state index contributed by atoms with van der Waals surface area (Å²) >= 11 is 0. The molecule has 7 heteroatoms. The van der Waals surface area contributed by atoms with Crippen LogP contribution in [0.15, 0.2) is 42.5 Å². The maximum atomic E-state index is 14.0. The third-order valence-electron chi connectivity index (χ3n) is 4.09. The molecule has 1 amide bonds. The van der Waals surface area contributed by atoms with E-state index in [9.17, 15) is 17.6 Å². The first-order chi connectivity index (χ1) is 12.1. The van der Waals surface area contributed by atoms with Gasteiger partial charge in [-0.1, -0.05) is 35.9 Å². The fourth-order valence-electron chi connectivity index (χ4n) is 2.76. The van der Waals surface area contributed by atoms with Crippen molar-refractivity contribution >= 4 is 21.6 Å². The quantitative estimate of drug-likeness (QED) is 0.840. The van der Waals surface area contributed by atoms with Gasteiger partial charge in [0, 0.05) is 0 Å². The summed E-state index contributed by atoms with van der Waals surface area (Å²) in [5.41, 5.74) is 2.90. The van der Waals surface area contributed by atoms with Crippen molar-refractivity contribution in [2.45, 2.75) is 26.8 Å². The number of hydrogen-bond acceptors (Lipinski definition) is 3. The molecule has 0 bridgehead atoms. The van der Waals surface area contributed by atoms with Gasteiger partial charge in [0.05, 0.1) is 18.0 Å². The van der Waals surface area contributed by atoms with E-state index in [0.29, 0.717) is 0 Å². The highest BCUT2D eigenvalue weighted by atomic mass is 32.2. The molecule has 5 nitrogen and oxygen atoms in total. The molecule has 0 radical (unpaired) electrons. The number of hydrogen-bond donors (Lipinski definition) is 1. The molecular formula is C19H23FN2O3S. The third-order valence-corrected chi connectivity index (χ3v) is 5.21. The Labute approximate surface area is 153 Å². The van der Waals surface area contributed by atoms with Crippen LogP contribution in [-0.4, -0.2) is 27.1 Å². The molecule has 0 heterocycles. The minimum atomic E-state index is -3.82. The minimum absolute atomic E-state index is 0.149. The second-order valence-electron chi connectivity index (χ2n) is 6.37. The molecule has 1 atom stereocenters. The zero-order chi connectivity index (χ0) is 19.5. The first-order valence-corrected chi connectivity index (χ1v) is 10.0. The first kappa shape index (κ1) is 19.9. The van der Waals surface area contributed by atoms with E-state index in [2.05, 4.69) is 5.32 Å². The van der Waals surface area contributed by atoms with Crippen LogP contribution < -0.4 is 9.62 Å². The van der Waals surface area contributed by atoms with Crippen molar-refractivity contribution in [2.75, 3.05) is 17.1 Å². The van der Waals surface area contributed by atoms with E-state index in [1.807, 2.05) is 39.0 Å². The fourth-order valence-corrected chi connectivity index (χ4v) is 3.61. The summed E-state index contributed by atoms with van der Waals surface area (Å²) < 4.78 is 38.9. The molecule has 2 aromatic carbocycles. The number of carbonyl (C=O) groups is 1. The van der Waals surface area contributed by atoms with Crippen LogP contribution in [0.1, 0.15) is 29.7 Å². The van der Waals surface area contributed by atoms with E-state index in [-0.39, 0.29) is 11.7 Å². The Morgan fingerprint density at radius 3 is 2.46 bits per heavy atom. The van der Waals surface area contributed by atoms with Crippen LogP contribution in [0.25, 0.3) is 0 Å². The Kier molecular flexibility index (Phi) is 6.02. The summed E-state index contributed by atoms with van der Waals surface area (Å²) in [7, 11) is -3.82. The highest BCUT2D eigenvalue weighted by Gasteiger charge is 2.24. The van der Waals surface area contributed by atoms with Crippen LogP contribution in [0.2, 0.25) is 0 Å². The van der Waals surface area contributed by atoms with Gasteiger partial charge in [0.2, 0.25) is 15.9 Å². The molecule has 2 aromatic rings. The van der Waals surface area contributed by atoms with Crippen molar-refractivity contribution in [1.82, 2.24) is 5.32 Å². The molecule has 0 aromatic heterocycles. The van der Waals surface area contributed by atoms with E-state index in [4.69, 9.17) is 0 Å². The summed E-state index contributed by atoms with van der Waals surface area (Å²) in [6.07, 6.45) is 0.945. The van der Waals surface area contributed by atoms with Crippen molar-refractivity contribution in [3.8, 4) is 0 Å². The van der Waals surface area contributed by atoms with Gasteiger partial charge < -0.3 is 5.32 Å². The van der Waals surface area contributed by atoms with Crippen LogP contribution >= 0.6 is 0 Å². The normalized spacial score (nSPS) is 12.5. The van der Waals surface area contributed by atoms with E-state index >= 15 is 0 Å². The molecule has 26 heavy (non-hydrogen) atoms. The fraction of sp³-hybridized carbons (Fsp3) is 0.316. The predicted molar refractivity (Wildman–Crippen MR) is 101 cm³/mol. The number of para-hydroxylation sites is 1. The van der Waals surface area contributed by atoms with Gasteiger partial charge in [-0.2, -0.15) is 0 Å². The van der Waals surface area contributed by atoms with Gasteiger partial charge in [0.15, 0.2) is 0 Å². The van der Waals surface area contributed by atoms with Gasteiger partial charge in [0.1, 0.15) is 12.4 Å². The van der Waals surface area contributed by atoms with Crippen molar-refractivity contribution in [3.63, 3.8) is 0 Å². The second kappa shape index (κ2) is 7.86. The largest absolute Gasteiger partial charge is 0.348 e. The number of aryl methyl sites for hydroxylation is 2. The van der Waals surface area contributed by atoms with Crippen molar-refractivity contribution in [2.24, 2.45) is 0 Å². The number of nitrogens with one attached hydrogen (secondary N) is 1. The molecule has 0 spiro atoms. The molecule has 2 rings (SSSR count). The van der Waals surface area contributed by atoms with E-state index in [1.54, 1.807) is 0 Å². The Balaban J connectivity index is 2.20. The molecule has 1 unspecified atom stereocenters. The van der Waals surface area contributed by atoms with E-state index < -0.39 is 28.3 Å². The average Bonchev–Trinajstić information content (AvgIpc) is 2.54. The maximum absolute atomic E-state index is 14.0. The summed E-state index contributed by atoms with van der Waals surface area (Å²) in [5, 5.41) is 2.79. The lowest BCUT2D eigenvalue weighted by Gasteiger charge is -2.24. The minimum Gasteiger partial charge on any atom is -0.348 e. The Morgan fingerprint density at radius 1 is 1.19 bits per heavy atom. The molecule has 1 N–H and O–H groups in total. The molecule has 0 saturated carbocycles. The molecule has 140 valence electrons. The van der Waals surface area contributed by atoms with Crippen LogP contribution in [0, 0.1) is 19.7 Å². The number of benzene rings is 2. The number of rotatable bonds is 6. The molecule has 0 aliphatic carbocycles. The third kappa shape index (κ3) is 4.82. The molecular weight excluding hydrogens is 355 g/mol. The zero-order valence-electron chi connectivity index (χ0n) is 15.3. The Hall–Kier alpha value is -2.41. The van der Waals surface area contributed by atoms with Crippen molar-refractivity contribution in [1.29, 1.82) is 0 Å². The summed E-state index contributed by atoms with van der Waals surface area (Å²) in [6.45, 7) is 5.24. The van der Waals surface area contributed by atoms with Gasteiger partial charge in [0.25, 0.3) is 0 Å². The number of carbonyl (C=O) groups excluding carboxylic acids is 1. The average molecular weight is 378 g/mol. The highest BCUT2D eigenvalue weighted by molar-refractivity contribution is 7.92. The summed E-state index contributed by atoms with van der Waals surface area (Å²) in [4.78, 5) is 12.4. The van der Waals surface area contributed by atoms with Gasteiger partial charge in [-0.3, -0.25) is 9.10 Å². The van der Waals surface area contributed by atoms with Gasteiger partial charge in [-0.15, -0.1) is 0 Å². The lowest BCUT2D eigenvalue weighted by Crippen LogP contribution is -2.41. The SMILES string of the molecule is Cc1ccc(C)c(C(C)NC(=O)CN(c2ccccc2F)S(C)(=O)=O)c1. The lowest BCUT2D eigenvalue weighted by molar-refractivity contribution is -0.120. The maximum Gasteiger partial charge on any atom is 0.241 e. The monoisotopic (exact) mass is 378 g/mol. The number of anilines is 1. The van der Waals surface area contributed by atoms with Crippen molar-refractivity contribution in [3.05, 3.63) is 65.0 Å². The number of sulfonamides is 1. The zero-order valence-corrected chi connectivity index (χ0v) is 16.1. The van der Waals surface area contributed by atoms with Crippen molar-refractivity contribution < 1.29 is 17.6 Å². The number of amides is 1. The smallest absolute Gasteiger partial charge is 0.241 e. The Bertz CT molecular complexity index is 913. The molecule has 0 saturated heterocycles. The van der Waals surface area contributed by atoms with Crippen LogP contribution in [0.3, 0.4) is 0 Å².